The van der Waals surface area contributed by atoms with Gasteiger partial charge in [0.15, 0.2) is 5.60 Å². The largest absolute Gasteiger partial charge is 0.396 e. The SMILES string of the molecule is C[C@H]1[C@H]([Si](C)(C)F)[C@@H](CCO)O[C@]12C(=O)N(c1ccccc1)c1ccc(N3CN(c4ccccc4)C4(CCNCC4)C3=O)cc12. The van der Waals surface area contributed by atoms with Crippen LogP contribution in [0.15, 0.2) is 78.9 Å². The predicted octanol–water partition coefficient (Wildman–Crippen LogP) is 5.46. The number of benzene rings is 3. The summed E-state index contributed by atoms with van der Waals surface area (Å²) in [4.78, 5) is 35.0. The van der Waals surface area contributed by atoms with Crippen LogP contribution in [0.25, 0.3) is 0 Å². The lowest BCUT2D eigenvalue weighted by Crippen LogP contribution is -2.55. The van der Waals surface area contributed by atoms with Crippen molar-refractivity contribution in [2.75, 3.05) is 41.1 Å². The number of fused-ring (bicyclic) bond motifs is 2. The fourth-order valence-corrected chi connectivity index (χ4v) is 11.1. The van der Waals surface area contributed by atoms with E-state index in [0.717, 1.165) is 18.8 Å². The summed E-state index contributed by atoms with van der Waals surface area (Å²) in [5.74, 6) is -0.702. The minimum absolute atomic E-state index is 0.0415. The van der Waals surface area contributed by atoms with Gasteiger partial charge in [0, 0.05) is 40.7 Å². The first-order chi connectivity index (χ1) is 21.6. The van der Waals surface area contributed by atoms with Gasteiger partial charge in [0.2, 0.25) is 8.41 Å². The minimum Gasteiger partial charge on any atom is -0.396 e. The molecule has 7 rings (SSSR count). The van der Waals surface area contributed by atoms with E-state index >= 15 is 4.11 Å². The number of para-hydroxylation sites is 2. The molecule has 8 nitrogen and oxygen atoms in total. The number of anilines is 4. The number of aliphatic hydroxyl groups is 1. The number of rotatable bonds is 6. The normalized spacial score (nSPS) is 27.7. The Morgan fingerprint density at radius 2 is 1.58 bits per heavy atom. The first-order valence-corrected chi connectivity index (χ1v) is 19.0. The standard InChI is InChI=1S/C35H41FN4O4Si/c1-24-31(45(2,3)36)30(16-21-41)44-35(24)28-22-27(14-15-29(28)40(33(35)43)26-12-8-5-9-13-26)38-23-39(25-10-6-4-7-11-25)34(32(38)42)17-19-37-20-18-34/h4-15,22,24,30-31,37,41H,16-21,23H2,1-3H3/t24-,30+,31-,35+/m0/s1. The van der Waals surface area contributed by atoms with E-state index in [1.165, 1.54) is 0 Å². The lowest BCUT2D eigenvalue weighted by molar-refractivity contribution is -0.145. The molecule has 3 aromatic rings. The number of carbonyl (C=O) groups is 2. The number of amides is 2. The highest BCUT2D eigenvalue weighted by Gasteiger charge is 2.67. The fourth-order valence-electron chi connectivity index (χ4n) is 8.53. The molecule has 2 spiro atoms. The molecule has 0 unspecified atom stereocenters. The zero-order valence-electron chi connectivity index (χ0n) is 26.1. The topological polar surface area (TPSA) is 85.3 Å². The van der Waals surface area contributed by atoms with E-state index in [2.05, 4.69) is 10.2 Å². The van der Waals surface area contributed by atoms with Crippen LogP contribution in [0.5, 0.6) is 0 Å². The Bertz CT molecular complexity index is 1600. The monoisotopic (exact) mass is 628 g/mol. The first kappa shape index (κ1) is 30.1. The van der Waals surface area contributed by atoms with E-state index < -0.39 is 37.1 Å². The average Bonchev–Trinajstić information content (AvgIpc) is 3.59. The Morgan fingerprint density at radius 1 is 0.933 bits per heavy atom. The number of ether oxygens (including phenoxy) is 1. The minimum atomic E-state index is -3.34. The Labute approximate surface area is 265 Å². The molecule has 10 heteroatoms. The van der Waals surface area contributed by atoms with Crippen LogP contribution in [0.2, 0.25) is 18.6 Å². The maximum absolute atomic E-state index is 16.0. The highest BCUT2D eigenvalue weighted by Crippen LogP contribution is 2.61. The third-order valence-electron chi connectivity index (χ3n) is 10.5. The Kier molecular flexibility index (Phi) is 7.39. The fraction of sp³-hybridized carbons (Fsp3) is 0.429. The predicted molar refractivity (Wildman–Crippen MR) is 176 cm³/mol. The van der Waals surface area contributed by atoms with Crippen molar-refractivity contribution in [3.05, 3.63) is 84.4 Å². The Morgan fingerprint density at radius 3 is 2.20 bits per heavy atom. The van der Waals surface area contributed by atoms with Crippen LogP contribution >= 0.6 is 0 Å². The van der Waals surface area contributed by atoms with Gasteiger partial charge in [-0.2, -0.15) is 0 Å². The molecule has 4 aliphatic heterocycles. The highest BCUT2D eigenvalue weighted by molar-refractivity contribution is 6.72. The average molecular weight is 629 g/mol. The molecule has 0 saturated carbocycles. The van der Waals surface area contributed by atoms with E-state index in [4.69, 9.17) is 4.74 Å². The van der Waals surface area contributed by atoms with Crippen molar-refractivity contribution in [1.82, 2.24) is 5.32 Å². The number of halogens is 1. The molecule has 0 aromatic heterocycles. The van der Waals surface area contributed by atoms with Gasteiger partial charge in [-0.25, -0.2) is 0 Å². The van der Waals surface area contributed by atoms with Gasteiger partial charge in [-0.1, -0.05) is 43.3 Å². The quantitative estimate of drug-likeness (QED) is 0.279. The number of nitrogens with one attached hydrogen (secondary N) is 1. The van der Waals surface area contributed by atoms with E-state index in [0.29, 0.717) is 42.1 Å². The summed E-state index contributed by atoms with van der Waals surface area (Å²) in [5, 5.41) is 13.3. The molecule has 4 atom stereocenters. The Balaban J connectivity index is 1.37. The molecule has 2 amide bonds. The molecule has 3 aromatic carbocycles. The van der Waals surface area contributed by atoms with Crippen LogP contribution in [-0.4, -0.2) is 63.3 Å². The first-order valence-electron chi connectivity index (χ1n) is 16.0. The van der Waals surface area contributed by atoms with E-state index in [1.54, 1.807) is 18.0 Å². The number of hydrogen-bond acceptors (Lipinski definition) is 6. The van der Waals surface area contributed by atoms with Crippen molar-refractivity contribution in [3.63, 3.8) is 0 Å². The van der Waals surface area contributed by atoms with Crippen molar-refractivity contribution in [2.45, 2.75) is 62.1 Å². The van der Waals surface area contributed by atoms with Gasteiger partial charge in [-0.15, -0.1) is 0 Å². The summed E-state index contributed by atoms with van der Waals surface area (Å²) >= 11 is 0. The van der Waals surface area contributed by atoms with Crippen molar-refractivity contribution in [2.24, 2.45) is 5.92 Å². The van der Waals surface area contributed by atoms with Crippen molar-refractivity contribution >= 4 is 43.0 Å². The van der Waals surface area contributed by atoms with Crippen LogP contribution in [0, 0.1) is 5.92 Å². The number of aliphatic hydroxyl groups excluding tert-OH is 1. The summed E-state index contributed by atoms with van der Waals surface area (Å²) in [5.41, 5.74) is 1.08. The zero-order valence-corrected chi connectivity index (χ0v) is 27.1. The number of carbonyl (C=O) groups excluding carboxylic acids is 2. The van der Waals surface area contributed by atoms with Gasteiger partial charge in [-0.05, 0) is 87.9 Å². The molecule has 45 heavy (non-hydrogen) atoms. The van der Waals surface area contributed by atoms with Crippen molar-refractivity contribution < 1.29 is 23.5 Å². The summed E-state index contributed by atoms with van der Waals surface area (Å²) in [6, 6.07) is 25.2. The molecule has 0 bridgehead atoms. The Hall–Kier alpha value is -3.57. The molecule has 3 fully saturated rings. The van der Waals surface area contributed by atoms with E-state index in [1.807, 2.05) is 90.7 Å². The number of nitrogens with zero attached hydrogens (tertiary/aromatic N) is 3. The lowest BCUT2D eigenvalue weighted by atomic mass is 9.82. The van der Waals surface area contributed by atoms with E-state index in [-0.39, 0.29) is 24.8 Å². The molecule has 3 saturated heterocycles. The van der Waals surface area contributed by atoms with Gasteiger partial charge < -0.3 is 24.2 Å². The smallest absolute Gasteiger partial charge is 0.268 e. The van der Waals surface area contributed by atoms with Crippen LogP contribution < -0.4 is 20.0 Å². The molecule has 2 N–H and O–H groups in total. The second-order valence-corrected chi connectivity index (χ2v) is 17.2. The third kappa shape index (κ3) is 4.48. The summed E-state index contributed by atoms with van der Waals surface area (Å²) in [6.07, 6.45) is 1.02. The third-order valence-corrected chi connectivity index (χ3v) is 13.0. The van der Waals surface area contributed by atoms with Crippen LogP contribution in [0.1, 0.15) is 31.7 Å². The summed E-state index contributed by atoms with van der Waals surface area (Å²) < 4.78 is 22.8. The number of hydrogen-bond donors (Lipinski definition) is 2. The van der Waals surface area contributed by atoms with Crippen LogP contribution in [0.4, 0.5) is 26.9 Å². The maximum atomic E-state index is 16.0. The molecular weight excluding hydrogens is 587 g/mol. The molecule has 4 aliphatic rings. The van der Waals surface area contributed by atoms with Crippen LogP contribution in [0.3, 0.4) is 0 Å². The molecular formula is C35H41FN4O4Si. The summed E-state index contributed by atoms with van der Waals surface area (Å²) in [7, 11) is -3.34. The van der Waals surface area contributed by atoms with Gasteiger partial charge >= 0.3 is 0 Å². The molecule has 0 aliphatic carbocycles. The van der Waals surface area contributed by atoms with Gasteiger partial charge in [0.25, 0.3) is 11.8 Å². The zero-order chi connectivity index (χ0) is 31.6. The molecule has 0 radical (unpaired) electrons. The van der Waals surface area contributed by atoms with Crippen LogP contribution in [-0.2, 0) is 19.9 Å². The maximum Gasteiger partial charge on any atom is 0.268 e. The second kappa shape index (κ2) is 11.0. The van der Waals surface area contributed by atoms with E-state index in [9.17, 15) is 14.7 Å². The highest BCUT2D eigenvalue weighted by atomic mass is 28.4. The van der Waals surface area contributed by atoms with Crippen molar-refractivity contribution in [1.29, 1.82) is 0 Å². The van der Waals surface area contributed by atoms with Gasteiger partial charge in [0.1, 0.15) is 5.54 Å². The lowest BCUT2D eigenvalue weighted by Gasteiger charge is -2.39. The molecule has 236 valence electrons. The second-order valence-electron chi connectivity index (χ2n) is 13.4. The van der Waals surface area contributed by atoms with Gasteiger partial charge in [0.05, 0.1) is 18.5 Å². The van der Waals surface area contributed by atoms with Gasteiger partial charge in [-0.3, -0.25) is 19.4 Å². The molecule has 4 heterocycles. The summed E-state index contributed by atoms with van der Waals surface area (Å²) in [6.45, 7) is 6.95. The van der Waals surface area contributed by atoms with Crippen molar-refractivity contribution in [3.8, 4) is 0 Å². The number of piperidine rings is 1.